The molecule has 5 nitrogen and oxygen atoms in total. The van der Waals surface area contributed by atoms with Gasteiger partial charge in [-0.25, -0.2) is 9.59 Å². The standard InChI is InChI=1S/C14H15NO4/c1-6(2)10-11(14(17)19-13(10)16)12(15)9-5-7(3)18-8(9)4/h5H,15H2,1-4H3/b12-11+. The molecule has 100 valence electrons. The van der Waals surface area contributed by atoms with Gasteiger partial charge in [-0.1, -0.05) is 5.57 Å². The monoisotopic (exact) mass is 261 g/mol. The number of rotatable bonds is 1. The lowest BCUT2D eigenvalue weighted by Crippen LogP contribution is -2.07. The highest BCUT2D eigenvalue weighted by Crippen LogP contribution is 2.31. The Morgan fingerprint density at radius 1 is 1.11 bits per heavy atom. The quantitative estimate of drug-likeness (QED) is 0.475. The van der Waals surface area contributed by atoms with E-state index >= 15 is 0 Å². The van der Waals surface area contributed by atoms with Crippen LogP contribution in [0, 0.1) is 13.8 Å². The van der Waals surface area contributed by atoms with E-state index in [-0.39, 0.29) is 16.8 Å². The van der Waals surface area contributed by atoms with Crippen LogP contribution in [0.3, 0.4) is 0 Å². The molecule has 2 N–H and O–H groups in total. The predicted molar refractivity (Wildman–Crippen MR) is 68.8 cm³/mol. The Bertz CT molecular complexity index is 642. The molecule has 0 aliphatic carbocycles. The molecule has 5 heteroatoms. The van der Waals surface area contributed by atoms with E-state index < -0.39 is 11.9 Å². The lowest BCUT2D eigenvalue weighted by Gasteiger charge is -2.04. The number of furan rings is 1. The second-order valence-corrected chi connectivity index (χ2v) is 4.67. The fraction of sp³-hybridized carbons (Fsp3) is 0.286. The van der Waals surface area contributed by atoms with Crippen LogP contribution in [0.1, 0.15) is 30.9 Å². The van der Waals surface area contributed by atoms with Crippen LogP contribution in [0.5, 0.6) is 0 Å². The Hall–Kier alpha value is -2.30. The van der Waals surface area contributed by atoms with Crippen LogP contribution < -0.4 is 5.73 Å². The second kappa shape index (κ2) is 4.42. The summed E-state index contributed by atoms with van der Waals surface area (Å²) in [6.45, 7) is 7.00. The van der Waals surface area contributed by atoms with Crippen LogP contribution in [-0.4, -0.2) is 11.9 Å². The number of nitrogens with two attached hydrogens (primary N) is 1. The van der Waals surface area contributed by atoms with Gasteiger partial charge < -0.3 is 14.9 Å². The lowest BCUT2D eigenvalue weighted by molar-refractivity contribution is -0.149. The van der Waals surface area contributed by atoms with E-state index in [2.05, 4.69) is 4.74 Å². The number of hydrogen-bond acceptors (Lipinski definition) is 5. The zero-order valence-electron chi connectivity index (χ0n) is 11.3. The van der Waals surface area contributed by atoms with Crippen molar-refractivity contribution in [2.24, 2.45) is 5.73 Å². The van der Waals surface area contributed by atoms with Crippen molar-refractivity contribution in [3.63, 3.8) is 0 Å². The molecule has 0 amide bonds. The van der Waals surface area contributed by atoms with Crippen molar-refractivity contribution >= 4 is 17.6 Å². The summed E-state index contributed by atoms with van der Waals surface area (Å²) in [4.78, 5) is 23.4. The summed E-state index contributed by atoms with van der Waals surface area (Å²) < 4.78 is 10.0. The van der Waals surface area contributed by atoms with Crippen LogP contribution in [0.25, 0.3) is 5.70 Å². The number of allylic oxidation sites excluding steroid dienone is 1. The number of hydrogen-bond donors (Lipinski definition) is 1. The number of esters is 2. The van der Waals surface area contributed by atoms with Crippen LogP contribution in [0.15, 0.2) is 27.2 Å². The first-order valence-corrected chi connectivity index (χ1v) is 5.84. The maximum absolute atomic E-state index is 11.8. The molecule has 19 heavy (non-hydrogen) atoms. The highest BCUT2D eigenvalue weighted by Gasteiger charge is 2.37. The zero-order valence-corrected chi connectivity index (χ0v) is 11.3. The number of carbonyl (C=O) groups excluding carboxylic acids is 2. The fourth-order valence-electron chi connectivity index (χ4n) is 2.12. The molecule has 1 aromatic rings. The highest BCUT2D eigenvalue weighted by molar-refractivity contribution is 6.21. The van der Waals surface area contributed by atoms with Crippen molar-refractivity contribution in [2.75, 3.05) is 0 Å². The van der Waals surface area contributed by atoms with Crippen molar-refractivity contribution < 1.29 is 18.7 Å². The number of ether oxygens (including phenoxy) is 1. The summed E-state index contributed by atoms with van der Waals surface area (Å²) >= 11 is 0. The van der Waals surface area contributed by atoms with E-state index in [0.29, 0.717) is 22.7 Å². The van der Waals surface area contributed by atoms with Gasteiger partial charge in [0.05, 0.1) is 16.8 Å². The number of cyclic esters (lactones) is 2. The molecule has 0 bridgehead atoms. The number of carbonyl (C=O) groups is 2. The van der Waals surface area contributed by atoms with E-state index in [0.717, 1.165) is 0 Å². The minimum absolute atomic E-state index is 0.119. The van der Waals surface area contributed by atoms with Gasteiger partial charge in [0.1, 0.15) is 11.5 Å². The SMILES string of the molecule is CC(C)=C1C(=O)OC(=O)/C1=C(/N)c1cc(C)oc1C. The third kappa shape index (κ3) is 2.07. The van der Waals surface area contributed by atoms with Gasteiger partial charge in [-0.05, 0) is 33.8 Å². The van der Waals surface area contributed by atoms with Gasteiger partial charge in [-0.3, -0.25) is 0 Å². The maximum Gasteiger partial charge on any atom is 0.349 e. The van der Waals surface area contributed by atoms with Gasteiger partial charge in [-0.15, -0.1) is 0 Å². The maximum atomic E-state index is 11.8. The molecular weight excluding hydrogens is 246 g/mol. The van der Waals surface area contributed by atoms with Gasteiger partial charge in [0.15, 0.2) is 0 Å². The molecule has 2 rings (SSSR count). The highest BCUT2D eigenvalue weighted by atomic mass is 16.6. The molecule has 0 aromatic carbocycles. The van der Waals surface area contributed by atoms with Gasteiger partial charge in [0, 0.05) is 5.56 Å². The topological polar surface area (TPSA) is 82.5 Å². The smallest absolute Gasteiger partial charge is 0.349 e. The molecule has 1 saturated heterocycles. The molecule has 1 aliphatic heterocycles. The first-order valence-electron chi connectivity index (χ1n) is 5.84. The Morgan fingerprint density at radius 2 is 1.68 bits per heavy atom. The van der Waals surface area contributed by atoms with E-state index in [1.54, 1.807) is 33.8 Å². The number of aryl methyl sites for hydroxylation is 2. The first-order chi connectivity index (χ1) is 8.82. The summed E-state index contributed by atoms with van der Waals surface area (Å²) in [7, 11) is 0. The predicted octanol–water partition coefficient (Wildman–Crippen LogP) is 1.99. The summed E-state index contributed by atoms with van der Waals surface area (Å²) in [5, 5.41) is 0. The normalized spacial score (nSPS) is 17.8. The largest absolute Gasteiger partial charge is 0.466 e. The van der Waals surface area contributed by atoms with E-state index in [1.165, 1.54) is 0 Å². The molecule has 2 heterocycles. The van der Waals surface area contributed by atoms with Gasteiger partial charge in [0.2, 0.25) is 0 Å². The van der Waals surface area contributed by atoms with Crippen molar-refractivity contribution in [1.29, 1.82) is 0 Å². The van der Waals surface area contributed by atoms with Crippen LogP contribution in [0.2, 0.25) is 0 Å². The molecule has 0 spiro atoms. The van der Waals surface area contributed by atoms with E-state index in [9.17, 15) is 9.59 Å². The average Bonchev–Trinajstić information content (AvgIpc) is 2.77. The van der Waals surface area contributed by atoms with Crippen LogP contribution in [-0.2, 0) is 14.3 Å². The molecule has 0 atom stereocenters. The third-order valence-corrected chi connectivity index (χ3v) is 2.94. The van der Waals surface area contributed by atoms with Crippen molar-refractivity contribution in [2.45, 2.75) is 27.7 Å². The van der Waals surface area contributed by atoms with Gasteiger partial charge in [0.25, 0.3) is 0 Å². The minimum Gasteiger partial charge on any atom is -0.466 e. The summed E-state index contributed by atoms with van der Waals surface area (Å²) in [6, 6.07) is 1.73. The van der Waals surface area contributed by atoms with Crippen molar-refractivity contribution in [1.82, 2.24) is 0 Å². The molecule has 0 saturated carbocycles. The Morgan fingerprint density at radius 3 is 2.16 bits per heavy atom. The fourth-order valence-corrected chi connectivity index (χ4v) is 2.12. The van der Waals surface area contributed by atoms with E-state index in [1.807, 2.05) is 0 Å². The van der Waals surface area contributed by atoms with Gasteiger partial charge >= 0.3 is 11.9 Å². The molecule has 0 radical (unpaired) electrons. The molecule has 1 fully saturated rings. The average molecular weight is 261 g/mol. The second-order valence-electron chi connectivity index (χ2n) is 4.67. The zero-order chi connectivity index (χ0) is 14.3. The third-order valence-electron chi connectivity index (χ3n) is 2.94. The summed E-state index contributed by atoms with van der Waals surface area (Å²) in [5.41, 5.74) is 7.89. The molecular formula is C14H15NO4. The van der Waals surface area contributed by atoms with Gasteiger partial charge in [-0.2, -0.15) is 0 Å². The first kappa shape index (κ1) is 13.1. The Balaban J connectivity index is 2.69. The lowest BCUT2D eigenvalue weighted by atomic mass is 9.99. The molecule has 0 unspecified atom stereocenters. The Kier molecular flexibility index (Phi) is 3.06. The molecule has 1 aromatic heterocycles. The van der Waals surface area contributed by atoms with Crippen molar-refractivity contribution in [3.8, 4) is 0 Å². The summed E-state index contributed by atoms with van der Waals surface area (Å²) in [6.07, 6.45) is 0. The van der Waals surface area contributed by atoms with Crippen LogP contribution in [0.4, 0.5) is 0 Å². The molecule has 1 aliphatic rings. The Labute approximate surface area is 110 Å². The minimum atomic E-state index is -0.711. The summed E-state index contributed by atoms with van der Waals surface area (Å²) in [5.74, 6) is -0.0759. The van der Waals surface area contributed by atoms with Crippen LogP contribution >= 0.6 is 0 Å². The van der Waals surface area contributed by atoms with E-state index in [4.69, 9.17) is 10.2 Å². The van der Waals surface area contributed by atoms with Crippen molar-refractivity contribution in [3.05, 3.63) is 39.9 Å².